The molecule has 0 saturated carbocycles. The number of anilines is 3. The topological polar surface area (TPSA) is 89.4 Å². The lowest BCUT2D eigenvalue weighted by atomic mass is 10.1. The van der Waals surface area contributed by atoms with Crippen molar-refractivity contribution in [3.63, 3.8) is 0 Å². The molecule has 0 aliphatic carbocycles. The van der Waals surface area contributed by atoms with Gasteiger partial charge in [-0.25, -0.2) is 4.90 Å². The van der Waals surface area contributed by atoms with Crippen LogP contribution in [-0.4, -0.2) is 11.8 Å². The lowest BCUT2D eigenvalue weighted by Gasteiger charge is -2.17. The van der Waals surface area contributed by atoms with E-state index in [1.807, 2.05) is 6.92 Å². The number of nitrogens with two attached hydrogens (primary N) is 2. The number of carbonyl (C=O) groups excluding carboxylic acids is 2. The number of rotatable bonds is 1. The molecule has 0 fully saturated rings. The zero-order valence-corrected chi connectivity index (χ0v) is 10.9. The van der Waals surface area contributed by atoms with Crippen molar-refractivity contribution in [3.8, 4) is 0 Å². The Morgan fingerprint density at radius 3 is 2.45 bits per heavy atom. The summed E-state index contributed by atoms with van der Waals surface area (Å²) in [5.74, 6) is -0.775. The maximum absolute atomic E-state index is 12.5. The van der Waals surface area contributed by atoms with E-state index in [1.54, 1.807) is 36.4 Å². The molecule has 1 aliphatic heterocycles. The standard InChI is InChI=1S/C15H13N3O2/c1-8-5-6-9(16)7-12(8)18-14(19)10-3-2-4-11(17)13(10)15(18)20/h2-7H,16-17H2,1H3. The van der Waals surface area contributed by atoms with E-state index in [0.29, 0.717) is 22.6 Å². The molecule has 0 aromatic heterocycles. The molecule has 5 nitrogen and oxygen atoms in total. The summed E-state index contributed by atoms with van der Waals surface area (Å²) in [4.78, 5) is 26.0. The second-order valence-corrected chi connectivity index (χ2v) is 4.76. The number of carbonyl (C=O) groups is 2. The predicted molar refractivity (Wildman–Crippen MR) is 77.6 cm³/mol. The van der Waals surface area contributed by atoms with E-state index >= 15 is 0 Å². The van der Waals surface area contributed by atoms with E-state index in [0.717, 1.165) is 10.5 Å². The monoisotopic (exact) mass is 267 g/mol. The highest BCUT2D eigenvalue weighted by Gasteiger charge is 2.38. The fourth-order valence-electron chi connectivity index (χ4n) is 2.40. The zero-order chi connectivity index (χ0) is 14.4. The lowest BCUT2D eigenvalue weighted by molar-refractivity contribution is 0.0926. The Morgan fingerprint density at radius 1 is 1.00 bits per heavy atom. The molecule has 1 heterocycles. The van der Waals surface area contributed by atoms with Gasteiger partial charge < -0.3 is 11.5 Å². The molecule has 4 N–H and O–H groups in total. The fraction of sp³-hybridized carbons (Fsp3) is 0.0667. The van der Waals surface area contributed by atoms with Crippen LogP contribution in [0.1, 0.15) is 26.3 Å². The number of amides is 2. The first-order valence-corrected chi connectivity index (χ1v) is 6.14. The van der Waals surface area contributed by atoms with E-state index in [1.165, 1.54) is 0 Å². The molecule has 0 spiro atoms. The van der Waals surface area contributed by atoms with Gasteiger partial charge in [0.05, 0.1) is 16.8 Å². The summed E-state index contributed by atoms with van der Waals surface area (Å²) in [6.07, 6.45) is 0. The summed E-state index contributed by atoms with van der Waals surface area (Å²) in [6, 6.07) is 10.00. The molecule has 5 heteroatoms. The Kier molecular flexibility index (Phi) is 2.50. The van der Waals surface area contributed by atoms with Crippen LogP contribution in [-0.2, 0) is 0 Å². The molecule has 2 aromatic rings. The molecular weight excluding hydrogens is 254 g/mol. The third-order valence-corrected chi connectivity index (χ3v) is 3.42. The fourth-order valence-corrected chi connectivity index (χ4v) is 2.40. The summed E-state index contributed by atoms with van der Waals surface area (Å²) in [5.41, 5.74) is 14.2. The van der Waals surface area contributed by atoms with Crippen LogP contribution in [0.4, 0.5) is 17.1 Å². The Balaban J connectivity index is 2.19. The van der Waals surface area contributed by atoms with Crippen LogP contribution < -0.4 is 16.4 Å². The summed E-state index contributed by atoms with van der Waals surface area (Å²) < 4.78 is 0. The van der Waals surface area contributed by atoms with Crippen LogP contribution in [0.3, 0.4) is 0 Å². The maximum atomic E-state index is 12.5. The van der Waals surface area contributed by atoms with Crippen molar-refractivity contribution in [3.05, 3.63) is 53.1 Å². The first-order valence-electron chi connectivity index (χ1n) is 6.14. The summed E-state index contributed by atoms with van der Waals surface area (Å²) >= 11 is 0. The summed E-state index contributed by atoms with van der Waals surface area (Å²) in [5, 5.41) is 0. The quantitative estimate of drug-likeness (QED) is 0.610. The molecule has 0 unspecified atom stereocenters. The zero-order valence-electron chi connectivity index (χ0n) is 10.9. The average molecular weight is 267 g/mol. The normalized spacial score (nSPS) is 13.8. The number of aryl methyl sites for hydroxylation is 1. The third kappa shape index (κ3) is 1.56. The average Bonchev–Trinajstić information content (AvgIpc) is 2.66. The molecule has 0 atom stereocenters. The number of benzene rings is 2. The summed E-state index contributed by atoms with van der Waals surface area (Å²) in [7, 11) is 0. The summed E-state index contributed by atoms with van der Waals surface area (Å²) in [6.45, 7) is 1.82. The van der Waals surface area contributed by atoms with Gasteiger partial charge in [0, 0.05) is 11.4 Å². The highest BCUT2D eigenvalue weighted by Crippen LogP contribution is 2.33. The number of nitrogen functional groups attached to an aromatic ring is 2. The second kappa shape index (κ2) is 4.09. The van der Waals surface area contributed by atoms with Crippen molar-refractivity contribution in [2.75, 3.05) is 16.4 Å². The highest BCUT2D eigenvalue weighted by atomic mass is 16.2. The van der Waals surface area contributed by atoms with Gasteiger partial charge in [-0.05, 0) is 36.8 Å². The minimum atomic E-state index is -0.406. The predicted octanol–water partition coefficient (Wildman–Crippen LogP) is 1.96. The lowest BCUT2D eigenvalue weighted by Crippen LogP contribution is -2.30. The molecule has 100 valence electrons. The Labute approximate surface area is 115 Å². The van der Waals surface area contributed by atoms with Crippen molar-refractivity contribution in [1.29, 1.82) is 0 Å². The van der Waals surface area contributed by atoms with E-state index in [4.69, 9.17) is 11.5 Å². The van der Waals surface area contributed by atoms with E-state index in [9.17, 15) is 9.59 Å². The largest absolute Gasteiger partial charge is 0.399 e. The molecule has 20 heavy (non-hydrogen) atoms. The van der Waals surface area contributed by atoms with Gasteiger partial charge in [-0.15, -0.1) is 0 Å². The smallest absolute Gasteiger partial charge is 0.268 e. The molecule has 2 aromatic carbocycles. The molecule has 0 radical (unpaired) electrons. The van der Waals surface area contributed by atoms with Crippen LogP contribution in [0, 0.1) is 6.92 Å². The highest BCUT2D eigenvalue weighted by molar-refractivity contribution is 6.36. The van der Waals surface area contributed by atoms with Crippen LogP contribution in [0.15, 0.2) is 36.4 Å². The number of imide groups is 1. The van der Waals surface area contributed by atoms with Gasteiger partial charge >= 0.3 is 0 Å². The van der Waals surface area contributed by atoms with Crippen molar-refractivity contribution in [2.24, 2.45) is 0 Å². The minimum absolute atomic E-state index is 0.263. The molecular formula is C15H13N3O2. The third-order valence-electron chi connectivity index (χ3n) is 3.42. The molecule has 3 rings (SSSR count). The van der Waals surface area contributed by atoms with Gasteiger partial charge in [-0.1, -0.05) is 12.1 Å². The first kappa shape index (κ1) is 12.2. The number of nitrogens with zero attached hydrogens (tertiary/aromatic N) is 1. The van der Waals surface area contributed by atoms with Gasteiger partial charge in [-0.2, -0.15) is 0 Å². The van der Waals surface area contributed by atoms with Gasteiger partial charge in [0.2, 0.25) is 0 Å². The van der Waals surface area contributed by atoms with Crippen molar-refractivity contribution >= 4 is 28.9 Å². The molecule has 2 amide bonds. The maximum Gasteiger partial charge on any atom is 0.268 e. The van der Waals surface area contributed by atoms with Gasteiger partial charge in [0.25, 0.3) is 11.8 Å². The number of fused-ring (bicyclic) bond motifs is 1. The van der Waals surface area contributed by atoms with Crippen LogP contribution in [0.2, 0.25) is 0 Å². The van der Waals surface area contributed by atoms with Gasteiger partial charge in [-0.3, -0.25) is 9.59 Å². The van der Waals surface area contributed by atoms with Crippen molar-refractivity contribution in [2.45, 2.75) is 6.92 Å². The van der Waals surface area contributed by atoms with E-state index in [2.05, 4.69) is 0 Å². The number of hydrogen-bond acceptors (Lipinski definition) is 4. The van der Waals surface area contributed by atoms with Crippen molar-refractivity contribution < 1.29 is 9.59 Å². The van der Waals surface area contributed by atoms with Crippen LogP contribution in [0.25, 0.3) is 0 Å². The Bertz CT molecular complexity index is 753. The number of hydrogen-bond donors (Lipinski definition) is 2. The van der Waals surface area contributed by atoms with Crippen molar-refractivity contribution in [1.82, 2.24) is 0 Å². The SMILES string of the molecule is Cc1ccc(N)cc1N1C(=O)c2cccc(N)c2C1=O. The van der Waals surface area contributed by atoms with E-state index < -0.39 is 5.91 Å². The van der Waals surface area contributed by atoms with Gasteiger partial charge in [0.1, 0.15) is 0 Å². The van der Waals surface area contributed by atoms with Gasteiger partial charge in [0.15, 0.2) is 0 Å². The second-order valence-electron chi connectivity index (χ2n) is 4.76. The van der Waals surface area contributed by atoms with Crippen LogP contribution in [0.5, 0.6) is 0 Å². The van der Waals surface area contributed by atoms with Crippen LogP contribution >= 0.6 is 0 Å². The minimum Gasteiger partial charge on any atom is -0.399 e. The first-order chi connectivity index (χ1) is 9.50. The molecule has 0 saturated heterocycles. The Morgan fingerprint density at radius 2 is 1.75 bits per heavy atom. The van der Waals surface area contributed by atoms with E-state index in [-0.39, 0.29) is 11.5 Å². The molecule has 0 bridgehead atoms. The molecule has 1 aliphatic rings. The Hall–Kier alpha value is -2.82.